The molecule has 1 N–H and O–H groups in total. The molecule has 0 aromatic rings. The average Bonchev–Trinajstić information content (AvgIpc) is 2.16. The van der Waals surface area contributed by atoms with Gasteiger partial charge in [0, 0.05) is 5.57 Å². The summed E-state index contributed by atoms with van der Waals surface area (Å²) in [5, 5.41) is 7.89. The Kier molecular flexibility index (Phi) is 12.7. The van der Waals surface area contributed by atoms with E-state index in [0.717, 1.165) is 0 Å². The summed E-state index contributed by atoms with van der Waals surface area (Å²) in [5.74, 6) is -0.935. The van der Waals surface area contributed by atoms with Gasteiger partial charge in [-0.05, 0) is 6.92 Å². The first-order valence-electron chi connectivity index (χ1n) is 6.34. The van der Waals surface area contributed by atoms with Crippen molar-refractivity contribution >= 4 is 28.5 Å². The molecule has 0 rings (SSSR count). The van der Waals surface area contributed by atoms with Crippen LogP contribution in [-0.2, 0) is 4.79 Å². The van der Waals surface area contributed by atoms with E-state index in [0.29, 0.717) is 3.43 Å². The quantitative estimate of drug-likeness (QED) is 0.423. The minimum absolute atomic E-state index is 0.176. The Morgan fingerprint density at radius 2 is 1.65 bits per heavy atom. The second kappa shape index (κ2) is 11.1. The fourth-order valence-electron chi connectivity index (χ4n) is 1.17. The molecule has 0 aromatic heterocycles. The van der Waals surface area contributed by atoms with Gasteiger partial charge in [-0.15, -0.1) is 0 Å². The van der Waals surface area contributed by atoms with Gasteiger partial charge in [-0.25, -0.2) is 4.79 Å². The van der Waals surface area contributed by atoms with Crippen LogP contribution in [0.5, 0.6) is 0 Å². The van der Waals surface area contributed by atoms with E-state index in [1.807, 2.05) is 0 Å². The molecule has 0 spiro atoms. The van der Waals surface area contributed by atoms with Gasteiger partial charge >= 0.3 is 91.2 Å². The van der Waals surface area contributed by atoms with Crippen LogP contribution in [0, 0.1) is 0 Å². The van der Waals surface area contributed by atoms with Crippen LogP contribution in [0.3, 0.4) is 0 Å². The number of hydrogen-bond donors (Lipinski definition) is 1. The molecule has 0 amide bonds. The summed E-state index contributed by atoms with van der Waals surface area (Å²) < 4.78 is 0.638. The Hall–Kier alpha value is 0.00870. The first-order chi connectivity index (χ1) is 7.70. The fraction of sp³-hybridized carbons (Fsp3) is 0.786. The molecule has 0 aliphatic rings. The van der Waals surface area contributed by atoms with E-state index in [-0.39, 0.29) is 5.57 Å². The molecule has 3 heteroatoms. The van der Waals surface area contributed by atoms with E-state index in [2.05, 4.69) is 27.4 Å². The van der Waals surface area contributed by atoms with Crippen LogP contribution in [0.15, 0.2) is 12.2 Å². The van der Waals surface area contributed by atoms with Crippen LogP contribution < -0.4 is 0 Å². The number of carbonyl (C=O) groups is 1. The first-order valence-corrected chi connectivity index (χ1v) is 7.77. The third-order valence-electron chi connectivity index (χ3n) is 2.27. The predicted octanol–water partition coefficient (Wildman–Crippen LogP) is 4.36. The Labute approximate surface area is 120 Å². The van der Waals surface area contributed by atoms with Gasteiger partial charge in [0.1, 0.15) is 0 Å². The molecule has 0 aromatic carbocycles. The molecule has 0 saturated carbocycles. The molecule has 0 aliphatic heterocycles. The molecule has 0 heterocycles. The molecule has 99 valence electrons. The first kappa shape index (κ1) is 19.4. The number of unbranched alkanes of at least 4 members (excludes halogenated alkanes) is 4. The van der Waals surface area contributed by atoms with Gasteiger partial charge in [-0.2, -0.15) is 0 Å². The number of hydrogen-bond acceptors (Lipinski definition) is 1. The van der Waals surface area contributed by atoms with Crippen LogP contribution in [0.2, 0.25) is 3.43 Å². The van der Waals surface area contributed by atoms with Gasteiger partial charge in [0.15, 0.2) is 0 Å². The predicted molar refractivity (Wildman–Crippen MR) is 75.6 cm³/mol. The van der Waals surface area contributed by atoms with Crippen molar-refractivity contribution in [3.63, 3.8) is 0 Å². The summed E-state index contributed by atoms with van der Waals surface area (Å²) in [6, 6.07) is 0. The van der Waals surface area contributed by atoms with Crippen molar-refractivity contribution in [3.05, 3.63) is 12.2 Å². The summed E-state index contributed by atoms with van der Waals surface area (Å²) in [6.07, 6.45) is 8.56. The molecule has 0 saturated heterocycles. The monoisotopic (exact) mass is 347 g/mol. The van der Waals surface area contributed by atoms with Crippen molar-refractivity contribution < 1.29 is 9.90 Å². The van der Waals surface area contributed by atoms with E-state index in [1.165, 1.54) is 45.4 Å². The zero-order chi connectivity index (χ0) is 13.9. The molecule has 0 bridgehead atoms. The zero-order valence-electron chi connectivity index (χ0n) is 11.8. The van der Waals surface area contributed by atoms with Gasteiger partial charge in [0.25, 0.3) is 0 Å². The van der Waals surface area contributed by atoms with Crippen molar-refractivity contribution in [2.75, 3.05) is 0 Å². The van der Waals surface area contributed by atoms with Crippen molar-refractivity contribution in [1.82, 2.24) is 0 Å². The number of carboxylic acid groups (broad SMARTS) is 1. The van der Waals surface area contributed by atoms with Crippen LogP contribution in [0.25, 0.3) is 0 Å². The SMILES string of the molecule is C=C(C)C(=O)O.CCCCCCC[C](C)(C)[Sn]. The summed E-state index contributed by atoms with van der Waals surface area (Å²) in [6.45, 7) is 11.6. The van der Waals surface area contributed by atoms with Crippen LogP contribution in [0.1, 0.15) is 66.2 Å². The number of carboxylic acids is 1. The molecule has 0 atom stereocenters. The Morgan fingerprint density at radius 1 is 1.24 bits per heavy atom. The topological polar surface area (TPSA) is 37.3 Å². The minimum atomic E-state index is -0.935. The summed E-state index contributed by atoms with van der Waals surface area (Å²) in [4.78, 5) is 9.60. The van der Waals surface area contributed by atoms with Crippen molar-refractivity contribution in [3.8, 4) is 0 Å². The molecule has 0 unspecified atom stereocenters. The molecule has 17 heavy (non-hydrogen) atoms. The summed E-state index contributed by atoms with van der Waals surface area (Å²) in [7, 11) is 0. The normalized spacial score (nSPS) is 10.4. The molecule has 0 fully saturated rings. The van der Waals surface area contributed by atoms with Crippen molar-refractivity contribution in [2.45, 2.75) is 69.7 Å². The molecule has 2 nitrogen and oxygen atoms in total. The van der Waals surface area contributed by atoms with Crippen LogP contribution in [0.4, 0.5) is 0 Å². The van der Waals surface area contributed by atoms with Gasteiger partial charge in [-0.1, -0.05) is 6.58 Å². The Morgan fingerprint density at radius 3 is 1.94 bits per heavy atom. The second-order valence-corrected chi connectivity index (χ2v) is 9.00. The van der Waals surface area contributed by atoms with Gasteiger partial charge in [-0.3, -0.25) is 0 Å². The standard InChI is InChI=1S/C10H21.C4H6O2.Sn/c1-4-5-6-7-8-9-10(2)3;1-3(2)4(5)6;/h4-9H2,1-3H3;1H2,2H3,(H,5,6);. The van der Waals surface area contributed by atoms with Crippen molar-refractivity contribution in [2.24, 2.45) is 0 Å². The maximum absolute atomic E-state index is 9.60. The summed E-state index contributed by atoms with van der Waals surface area (Å²) in [5.41, 5.74) is 0.176. The fourth-order valence-corrected chi connectivity index (χ4v) is 1.68. The number of rotatable bonds is 7. The third kappa shape index (κ3) is 21.8. The van der Waals surface area contributed by atoms with E-state index in [1.54, 1.807) is 22.5 Å². The van der Waals surface area contributed by atoms with E-state index >= 15 is 0 Å². The number of aliphatic carboxylic acids is 1. The van der Waals surface area contributed by atoms with Gasteiger partial charge < -0.3 is 5.11 Å². The van der Waals surface area contributed by atoms with Crippen LogP contribution in [-0.4, -0.2) is 33.6 Å². The van der Waals surface area contributed by atoms with Gasteiger partial charge in [0.2, 0.25) is 0 Å². The van der Waals surface area contributed by atoms with Crippen molar-refractivity contribution in [1.29, 1.82) is 0 Å². The van der Waals surface area contributed by atoms with Gasteiger partial charge in [0.05, 0.1) is 0 Å². The Bertz CT molecular complexity index is 205. The van der Waals surface area contributed by atoms with Crippen LogP contribution >= 0.6 is 0 Å². The van der Waals surface area contributed by atoms with E-state index in [9.17, 15) is 4.79 Å². The molecule has 0 aliphatic carbocycles. The maximum atomic E-state index is 9.60. The summed E-state index contributed by atoms with van der Waals surface area (Å²) >= 11 is 1.69. The molecule has 3 radical (unpaired) electrons. The van der Waals surface area contributed by atoms with E-state index in [4.69, 9.17) is 5.11 Å². The average molecular weight is 346 g/mol. The zero-order valence-corrected chi connectivity index (χ0v) is 14.7. The second-order valence-electron chi connectivity index (χ2n) is 5.13. The Balaban J connectivity index is 0. The van der Waals surface area contributed by atoms with E-state index < -0.39 is 5.97 Å². The molecular formula is C14H27O2Sn. The molecular weight excluding hydrogens is 319 g/mol. The third-order valence-corrected chi connectivity index (χ3v) is 2.98.